The van der Waals surface area contributed by atoms with E-state index in [9.17, 15) is 8.42 Å². The largest absolute Gasteiger partial charge is 0.350 e. The number of aromatic nitrogens is 1. The Kier molecular flexibility index (Phi) is 5.78. The highest BCUT2D eigenvalue weighted by Crippen LogP contribution is 2.45. The molecule has 0 spiro atoms. The lowest BCUT2D eigenvalue weighted by molar-refractivity contribution is 0.444. The van der Waals surface area contributed by atoms with Crippen LogP contribution >= 0.6 is 0 Å². The number of fused-ring (bicyclic) bond motifs is 2. The van der Waals surface area contributed by atoms with Crippen LogP contribution in [-0.4, -0.2) is 30.4 Å². The van der Waals surface area contributed by atoms with Crippen LogP contribution in [0, 0.1) is 12.8 Å². The molecule has 186 valence electrons. The molecule has 1 aliphatic rings. The SMILES string of the molecule is C=C1CN(S(=O)(=O)c2ccc(C)cc2)C[C@@H]1[C@H](c1cccc2ccccc12)c1cn(C)c2ccccc12. The highest BCUT2D eigenvalue weighted by atomic mass is 32.2. The summed E-state index contributed by atoms with van der Waals surface area (Å²) in [4.78, 5) is 0.332. The monoisotopic (exact) mass is 506 g/mol. The van der Waals surface area contributed by atoms with Crippen molar-refractivity contribution in [3.63, 3.8) is 0 Å². The minimum atomic E-state index is -3.63. The predicted molar refractivity (Wildman–Crippen MR) is 151 cm³/mol. The number of hydrogen-bond acceptors (Lipinski definition) is 2. The fraction of sp³-hybridized carbons (Fsp3) is 0.188. The first-order valence-corrected chi connectivity index (χ1v) is 14.0. The molecule has 2 atom stereocenters. The fourth-order valence-electron chi connectivity index (χ4n) is 5.88. The summed E-state index contributed by atoms with van der Waals surface area (Å²) in [6, 6.07) is 30.4. The summed E-state index contributed by atoms with van der Waals surface area (Å²) in [5, 5.41) is 3.56. The molecule has 1 fully saturated rings. The smallest absolute Gasteiger partial charge is 0.243 e. The first kappa shape index (κ1) is 23.7. The Hall–Kier alpha value is -3.67. The standard InChI is InChI=1S/C32H30N2O2S/c1-22-15-17-25(18-16-22)37(35,36)34-19-23(2)29(21-34)32(28-13-8-10-24-9-4-5-11-26(24)28)30-20-33(3)31-14-7-6-12-27(30)31/h4-18,20,29,32H,2,19,21H2,1,3H3/t29-,32-/m0/s1. The summed E-state index contributed by atoms with van der Waals surface area (Å²) in [5.41, 5.74) is 5.55. The molecular weight excluding hydrogens is 476 g/mol. The lowest BCUT2D eigenvalue weighted by Crippen LogP contribution is -2.30. The predicted octanol–water partition coefficient (Wildman–Crippen LogP) is 6.65. The molecule has 4 aromatic carbocycles. The molecule has 6 rings (SSSR count). The maximum atomic E-state index is 13.6. The zero-order valence-corrected chi connectivity index (χ0v) is 21.9. The van der Waals surface area contributed by atoms with E-state index in [0.29, 0.717) is 18.0 Å². The van der Waals surface area contributed by atoms with Gasteiger partial charge in [0.1, 0.15) is 0 Å². The number of para-hydroxylation sites is 1. The molecule has 0 unspecified atom stereocenters. The molecule has 0 radical (unpaired) electrons. The highest BCUT2D eigenvalue weighted by molar-refractivity contribution is 7.89. The van der Waals surface area contributed by atoms with Gasteiger partial charge in [0.05, 0.1) is 4.90 Å². The third kappa shape index (κ3) is 3.99. The van der Waals surface area contributed by atoms with Crippen LogP contribution in [0.2, 0.25) is 0 Å². The Morgan fingerprint density at radius 2 is 1.51 bits per heavy atom. The second-order valence-corrected chi connectivity index (χ2v) is 12.1. The van der Waals surface area contributed by atoms with Crippen LogP contribution < -0.4 is 0 Å². The van der Waals surface area contributed by atoms with E-state index in [1.807, 2.05) is 19.1 Å². The molecule has 0 aliphatic carbocycles. The number of rotatable bonds is 5. The van der Waals surface area contributed by atoms with E-state index in [1.165, 1.54) is 27.3 Å². The van der Waals surface area contributed by atoms with Gasteiger partial charge in [0.15, 0.2) is 0 Å². The number of hydrogen-bond donors (Lipinski definition) is 0. The first-order chi connectivity index (χ1) is 17.8. The Balaban J connectivity index is 1.51. The van der Waals surface area contributed by atoms with Gasteiger partial charge in [-0.1, -0.05) is 90.5 Å². The molecule has 1 aromatic heterocycles. The molecule has 0 bridgehead atoms. The van der Waals surface area contributed by atoms with Gasteiger partial charge in [-0.3, -0.25) is 0 Å². The van der Waals surface area contributed by atoms with Crippen LogP contribution in [0.1, 0.15) is 22.6 Å². The topological polar surface area (TPSA) is 42.3 Å². The number of sulfonamides is 1. The van der Waals surface area contributed by atoms with Crippen molar-refractivity contribution in [2.24, 2.45) is 13.0 Å². The van der Waals surface area contributed by atoms with E-state index in [0.717, 1.165) is 16.7 Å². The van der Waals surface area contributed by atoms with Crippen molar-refractivity contribution in [3.8, 4) is 0 Å². The molecule has 0 amide bonds. The van der Waals surface area contributed by atoms with E-state index >= 15 is 0 Å². The zero-order chi connectivity index (χ0) is 25.7. The Labute approximate surface area is 218 Å². The van der Waals surface area contributed by atoms with Crippen molar-refractivity contribution in [1.29, 1.82) is 0 Å². The Bertz CT molecular complexity index is 1740. The third-order valence-electron chi connectivity index (χ3n) is 7.79. The van der Waals surface area contributed by atoms with Crippen LogP contribution in [0.3, 0.4) is 0 Å². The molecule has 0 saturated carbocycles. The summed E-state index contributed by atoms with van der Waals surface area (Å²) in [6.07, 6.45) is 2.21. The van der Waals surface area contributed by atoms with Crippen LogP contribution in [0.5, 0.6) is 0 Å². The quantitative estimate of drug-likeness (QED) is 0.251. The van der Waals surface area contributed by atoms with Crippen molar-refractivity contribution in [3.05, 3.63) is 126 Å². The molecule has 1 saturated heterocycles. The van der Waals surface area contributed by atoms with Crippen molar-refractivity contribution in [2.75, 3.05) is 13.1 Å². The van der Waals surface area contributed by atoms with E-state index < -0.39 is 10.0 Å². The van der Waals surface area contributed by atoms with Gasteiger partial charge in [-0.25, -0.2) is 8.42 Å². The van der Waals surface area contributed by atoms with Crippen molar-refractivity contribution < 1.29 is 8.42 Å². The van der Waals surface area contributed by atoms with Crippen LogP contribution in [-0.2, 0) is 17.1 Å². The van der Waals surface area contributed by atoms with Gasteiger partial charge in [-0.2, -0.15) is 4.31 Å². The third-order valence-corrected chi connectivity index (χ3v) is 9.61. The van der Waals surface area contributed by atoms with Gasteiger partial charge in [0.25, 0.3) is 0 Å². The molecule has 0 N–H and O–H groups in total. The maximum Gasteiger partial charge on any atom is 0.243 e. The molecule has 37 heavy (non-hydrogen) atoms. The minimum Gasteiger partial charge on any atom is -0.350 e. The Morgan fingerprint density at radius 1 is 0.838 bits per heavy atom. The second kappa shape index (κ2) is 9.02. The summed E-state index contributed by atoms with van der Waals surface area (Å²) in [7, 11) is -1.56. The number of nitrogens with zero attached hydrogens (tertiary/aromatic N) is 2. The Morgan fingerprint density at radius 3 is 2.30 bits per heavy atom. The van der Waals surface area contributed by atoms with Crippen LogP contribution in [0.4, 0.5) is 0 Å². The van der Waals surface area contributed by atoms with Crippen LogP contribution in [0.25, 0.3) is 21.7 Å². The van der Waals surface area contributed by atoms with E-state index in [1.54, 1.807) is 16.4 Å². The lowest BCUT2D eigenvalue weighted by atomic mass is 9.77. The van der Waals surface area contributed by atoms with Crippen molar-refractivity contribution in [2.45, 2.75) is 17.7 Å². The van der Waals surface area contributed by atoms with Gasteiger partial charge >= 0.3 is 0 Å². The molecular formula is C32H30N2O2S. The van der Waals surface area contributed by atoms with Crippen molar-refractivity contribution in [1.82, 2.24) is 8.87 Å². The molecule has 5 heteroatoms. The van der Waals surface area contributed by atoms with E-state index in [-0.39, 0.29) is 11.8 Å². The highest BCUT2D eigenvalue weighted by Gasteiger charge is 2.41. The zero-order valence-electron chi connectivity index (χ0n) is 21.1. The van der Waals surface area contributed by atoms with Gasteiger partial charge in [0, 0.05) is 49.1 Å². The minimum absolute atomic E-state index is 0.0390. The summed E-state index contributed by atoms with van der Waals surface area (Å²) >= 11 is 0. The van der Waals surface area contributed by atoms with Gasteiger partial charge in [0.2, 0.25) is 10.0 Å². The summed E-state index contributed by atoms with van der Waals surface area (Å²) in [5.74, 6) is -0.0975. The number of benzene rings is 4. The van der Waals surface area contributed by atoms with Gasteiger partial charge < -0.3 is 4.57 Å². The van der Waals surface area contributed by atoms with Crippen LogP contribution in [0.15, 0.2) is 114 Å². The molecule has 4 nitrogen and oxygen atoms in total. The summed E-state index contributed by atoms with van der Waals surface area (Å²) < 4.78 is 31.1. The molecule has 2 heterocycles. The van der Waals surface area contributed by atoms with Gasteiger partial charge in [-0.05, 0) is 47.0 Å². The normalized spacial score (nSPS) is 17.6. The maximum absolute atomic E-state index is 13.6. The average Bonchev–Trinajstić information content (AvgIpc) is 3.45. The van der Waals surface area contributed by atoms with E-state index in [2.05, 4.69) is 91.1 Å². The number of aryl methyl sites for hydroxylation is 2. The fourth-order valence-corrected chi connectivity index (χ4v) is 7.35. The lowest BCUT2D eigenvalue weighted by Gasteiger charge is -2.26. The second-order valence-electron chi connectivity index (χ2n) is 10.1. The average molecular weight is 507 g/mol. The molecule has 1 aliphatic heterocycles. The summed E-state index contributed by atoms with van der Waals surface area (Å²) in [6.45, 7) is 7.12. The van der Waals surface area contributed by atoms with E-state index in [4.69, 9.17) is 0 Å². The van der Waals surface area contributed by atoms with Crippen molar-refractivity contribution >= 4 is 31.7 Å². The first-order valence-electron chi connectivity index (χ1n) is 12.6. The molecule has 5 aromatic rings. The van der Waals surface area contributed by atoms with Gasteiger partial charge in [-0.15, -0.1) is 0 Å².